The molecule has 5 nitrogen and oxygen atoms in total. The van der Waals surface area contributed by atoms with E-state index in [0.717, 1.165) is 11.3 Å². The minimum Gasteiger partial charge on any atom is -0.431 e. The van der Waals surface area contributed by atoms with Crippen LogP contribution in [0.1, 0.15) is 5.69 Å². The van der Waals surface area contributed by atoms with Crippen LogP contribution < -0.4 is 5.32 Å². The molecular weight excluding hydrogens is 310 g/mol. The van der Waals surface area contributed by atoms with Crippen LogP contribution in [-0.2, 0) is 11.3 Å². The van der Waals surface area contributed by atoms with E-state index >= 15 is 0 Å². The van der Waals surface area contributed by atoms with E-state index in [1.165, 1.54) is 11.8 Å². The predicted octanol–water partition coefficient (Wildman–Crippen LogP) is 3.15. The summed E-state index contributed by atoms with van der Waals surface area (Å²) in [5.74, 6) is 0.865. The van der Waals surface area contributed by atoms with Crippen LogP contribution >= 0.6 is 11.8 Å². The number of aromatic nitrogens is 2. The van der Waals surface area contributed by atoms with Gasteiger partial charge in [-0.2, -0.15) is 0 Å². The zero-order chi connectivity index (χ0) is 15.9. The number of amides is 1. The standard InChI is InChI=1S/C17H15N3O2S/c21-16(19-10-14-8-4-5-9-18-14)12-23-17-20-11-15(22-17)13-6-2-1-3-7-13/h1-9,11H,10,12H2,(H,19,21). The highest BCUT2D eigenvalue weighted by molar-refractivity contribution is 7.99. The van der Waals surface area contributed by atoms with Gasteiger partial charge < -0.3 is 9.73 Å². The Balaban J connectivity index is 1.49. The fraction of sp³-hybridized carbons (Fsp3) is 0.118. The Bertz CT molecular complexity index is 760. The molecule has 0 bridgehead atoms. The molecule has 0 aliphatic heterocycles. The molecule has 0 aliphatic carbocycles. The van der Waals surface area contributed by atoms with Crippen LogP contribution in [0.25, 0.3) is 11.3 Å². The first-order valence-electron chi connectivity index (χ1n) is 7.12. The molecule has 0 saturated carbocycles. The van der Waals surface area contributed by atoms with Crippen molar-refractivity contribution in [2.45, 2.75) is 11.8 Å². The Labute approximate surface area is 138 Å². The molecule has 0 unspecified atom stereocenters. The second kappa shape index (κ2) is 7.60. The molecule has 6 heteroatoms. The smallest absolute Gasteiger partial charge is 0.256 e. The summed E-state index contributed by atoms with van der Waals surface area (Å²) in [7, 11) is 0. The Morgan fingerprint density at radius 2 is 1.91 bits per heavy atom. The summed E-state index contributed by atoms with van der Waals surface area (Å²) < 4.78 is 5.64. The molecule has 23 heavy (non-hydrogen) atoms. The van der Waals surface area contributed by atoms with Gasteiger partial charge >= 0.3 is 0 Å². The second-order valence-corrected chi connectivity index (χ2v) is 5.67. The van der Waals surface area contributed by atoms with Crippen molar-refractivity contribution in [3.63, 3.8) is 0 Å². The van der Waals surface area contributed by atoms with Gasteiger partial charge in [-0.05, 0) is 12.1 Å². The van der Waals surface area contributed by atoms with Crippen molar-refractivity contribution in [2.24, 2.45) is 0 Å². The summed E-state index contributed by atoms with van der Waals surface area (Å²) in [5.41, 5.74) is 1.79. The SMILES string of the molecule is O=C(CSc1ncc(-c2ccccc2)o1)NCc1ccccn1. The monoisotopic (exact) mass is 325 g/mol. The molecule has 0 radical (unpaired) electrons. The fourth-order valence-electron chi connectivity index (χ4n) is 1.93. The van der Waals surface area contributed by atoms with E-state index in [0.29, 0.717) is 17.5 Å². The maximum absolute atomic E-state index is 11.8. The largest absolute Gasteiger partial charge is 0.431 e. The van der Waals surface area contributed by atoms with Crippen molar-refractivity contribution in [2.75, 3.05) is 5.75 Å². The van der Waals surface area contributed by atoms with Crippen LogP contribution in [0.15, 0.2) is 70.6 Å². The van der Waals surface area contributed by atoms with Crippen molar-refractivity contribution in [3.8, 4) is 11.3 Å². The summed E-state index contributed by atoms with van der Waals surface area (Å²) in [6.07, 6.45) is 3.37. The Kier molecular flexibility index (Phi) is 5.06. The van der Waals surface area contributed by atoms with Gasteiger partial charge in [-0.25, -0.2) is 4.98 Å². The van der Waals surface area contributed by atoms with Crippen molar-refractivity contribution in [1.82, 2.24) is 15.3 Å². The number of benzene rings is 1. The molecule has 0 saturated heterocycles. The van der Waals surface area contributed by atoms with Crippen LogP contribution in [0.3, 0.4) is 0 Å². The first-order chi connectivity index (χ1) is 11.3. The third kappa shape index (κ3) is 4.43. The molecule has 1 N–H and O–H groups in total. The molecule has 2 aromatic heterocycles. The van der Waals surface area contributed by atoms with Gasteiger partial charge in [0, 0.05) is 11.8 Å². The molecule has 0 atom stereocenters. The zero-order valence-corrected chi connectivity index (χ0v) is 13.1. The van der Waals surface area contributed by atoms with Gasteiger partial charge in [0.2, 0.25) is 5.91 Å². The number of rotatable bonds is 6. The lowest BCUT2D eigenvalue weighted by Gasteiger charge is -2.03. The number of thioether (sulfide) groups is 1. The molecule has 0 aliphatic rings. The van der Waals surface area contributed by atoms with Crippen LogP contribution in [0, 0.1) is 0 Å². The number of oxazole rings is 1. The van der Waals surface area contributed by atoms with E-state index < -0.39 is 0 Å². The third-order valence-corrected chi connectivity index (χ3v) is 3.90. The van der Waals surface area contributed by atoms with E-state index in [-0.39, 0.29) is 11.7 Å². The topological polar surface area (TPSA) is 68.0 Å². The highest BCUT2D eigenvalue weighted by atomic mass is 32.2. The number of nitrogens with zero attached hydrogens (tertiary/aromatic N) is 2. The number of carbonyl (C=O) groups excluding carboxylic acids is 1. The molecule has 0 fully saturated rings. The number of hydrogen-bond donors (Lipinski definition) is 1. The van der Waals surface area contributed by atoms with Gasteiger partial charge in [0.15, 0.2) is 5.76 Å². The molecule has 3 rings (SSSR count). The van der Waals surface area contributed by atoms with Gasteiger partial charge in [0.1, 0.15) is 0 Å². The van der Waals surface area contributed by atoms with Gasteiger partial charge in [0.25, 0.3) is 5.22 Å². The maximum Gasteiger partial charge on any atom is 0.256 e. The molecule has 3 aromatic rings. The lowest BCUT2D eigenvalue weighted by Crippen LogP contribution is -2.24. The number of nitrogens with one attached hydrogen (secondary N) is 1. The third-order valence-electron chi connectivity index (χ3n) is 3.06. The average Bonchev–Trinajstić information content (AvgIpc) is 3.09. The van der Waals surface area contributed by atoms with Gasteiger partial charge in [-0.15, -0.1) is 0 Å². The molecule has 116 valence electrons. The average molecular weight is 325 g/mol. The van der Waals surface area contributed by atoms with E-state index in [1.54, 1.807) is 12.4 Å². The normalized spacial score (nSPS) is 10.4. The zero-order valence-electron chi connectivity index (χ0n) is 12.3. The van der Waals surface area contributed by atoms with Gasteiger partial charge in [-0.1, -0.05) is 48.2 Å². The van der Waals surface area contributed by atoms with Crippen molar-refractivity contribution in [3.05, 3.63) is 66.6 Å². The molecule has 1 amide bonds. The summed E-state index contributed by atoms with van der Waals surface area (Å²) >= 11 is 1.27. The fourth-order valence-corrected chi connectivity index (χ4v) is 2.56. The van der Waals surface area contributed by atoms with Crippen molar-refractivity contribution in [1.29, 1.82) is 0 Å². The summed E-state index contributed by atoms with van der Waals surface area (Å²) in [4.78, 5) is 20.2. The molecule has 1 aromatic carbocycles. The maximum atomic E-state index is 11.8. The Morgan fingerprint density at radius 3 is 2.70 bits per heavy atom. The van der Waals surface area contributed by atoms with E-state index in [4.69, 9.17) is 4.42 Å². The molecule has 0 spiro atoms. The molecule has 2 heterocycles. The number of carbonyl (C=O) groups is 1. The molecular formula is C17H15N3O2S. The van der Waals surface area contributed by atoms with E-state index in [2.05, 4.69) is 15.3 Å². The van der Waals surface area contributed by atoms with E-state index in [1.807, 2.05) is 48.5 Å². The highest BCUT2D eigenvalue weighted by Gasteiger charge is 2.09. The minimum atomic E-state index is -0.0832. The van der Waals surface area contributed by atoms with Gasteiger partial charge in [-0.3, -0.25) is 9.78 Å². The number of pyridine rings is 1. The summed E-state index contributed by atoms with van der Waals surface area (Å²) in [5, 5.41) is 3.30. The first-order valence-corrected chi connectivity index (χ1v) is 8.10. The van der Waals surface area contributed by atoms with Crippen molar-refractivity contribution < 1.29 is 9.21 Å². The summed E-state index contributed by atoms with van der Waals surface area (Å²) in [6.45, 7) is 0.418. The van der Waals surface area contributed by atoms with Crippen LogP contribution in [0.2, 0.25) is 0 Å². The van der Waals surface area contributed by atoms with Crippen LogP contribution in [0.5, 0.6) is 0 Å². The van der Waals surface area contributed by atoms with E-state index in [9.17, 15) is 4.79 Å². The predicted molar refractivity (Wildman–Crippen MR) is 88.7 cm³/mol. The highest BCUT2D eigenvalue weighted by Crippen LogP contribution is 2.24. The quantitative estimate of drug-likeness (QED) is 0.705. The lowest BCUT2D eigenvalue weighted by molar-refractivity contribution is -0.118. The minimum absolute atomic E-state index is 0.0832. The Morgan fingerprint density at radius 1 is 1.09 bits per heavy atom. The van der Waals surface area contributed by atoms with Gasteiger partial charge in [0.05, 0.1) is 24.2 Å². The summed E-state index contributed by atoms with van der Waals surface area (Å²) in [6, 6.07) is 15.3. The second-order valence-electron chi connectivity index (χ2n) is 4.74. The Hall–Kier alpha value is -2.60. The van der Waals surface area contributed by atoms with Crippen molar-refractivity contribution >= 4 is 17.7 Å². The van der Waals surface area contributed by atoms with Crippen LogP contribution in [-0.4, -0.2) is 21.6 Å². The number of hydrogen-bond acceptors (Lipinski definition) is 5. The lowest BCUT2D eigenvalue weighted by atomic mass is 10.2. The first kappa shape index (κ1) is 15.3. The van der Waals surface area contributed by atoms with Crippen LogP contribution in [0.4, 0.5) is 0 Å².